The van der Waals surface area contributed by atoms with Crippen molar-refractivity contribution in [1.29, 1.82) is 0 Å². The summed E-state index contributed by atoms with van der Waals surface area (Å²) in [5.41, 5.74) is 2.64. The van der Waals surface area contributed by atoms with E-state index in [2.05, 4.69) is 23.9 Å². The lowest BCUT2D eigenvalue weighted by atomic mass is 10.1. The fraction of sp³-hybridized carbons (Fsp3) is 0.357. The molecule has 2 aromatic heterocycles. The zero-order valence-electron chi connectivity index (χ0n) is 20.7. The first-order valence-electron chi connectivity index (χ1n) is 12.7. The summed E-state index contributed by atoms with van der Waals surface area (Å²) < 4.78 is 7.35. The molecule has 4 aromatic rings. The Morgan fingerprint density at radius 3 is 2.44 bits per heavy atom. The molecule has 0 N–H and O–H groups in total. The van der Waals surface area contributed by atoms with Gasteiger partial charge in [0.2, 0.25) is 4.96 Å². The van der Waals surface area contributed by atoms with Crippen molar-refractivity contribution in [3.63, 3.8) is 0 Å². The van der Waals surface area contributed by atoms with Crippen LogP contribution in [0.25, 0.3) is 21.9 Å². The van der Waals surface area contributed by atoms with Crippen LogP contribution in [0.4, 0.5) is 5.69 Å². The van der Waals surface area contributed by atoms with Crippen molar-refractivity contribution < 1.29 is 9.53 Å². The van der Waals surface area contributed by atoms with Crippen LogP contribution in [-0.4, -0.2) is 33.7 Å². The molecule has 36 heavy (non-hydrogen) atoms. The molecule has 0 atom stereocenters. The first-order valence-corrected chi connectivity index (χ1v) is 13.5. The van der Waals surface area contributed by atoms with Gasteiger partial charge in [-0.15, -0.1) is 5.10 Å². The number of carbonyl (C=O) groups is 1. The maximum Gasteiger partial charge on any atom is 0.291 e. The lowest BCUT2D eigenvalue weighted by molar-refractivity contribution is -0.113. The number of fused-ring (bicyclic) bond motifs is 2. The summed E-state index contributed by atoms with van der Waals surface area (Å²) in [7, 11) is 0. The number of aromatic nitrogens is 3. The van der Waals surface area contributed by atoms with Crippen LogP contribution in [0, 0.1) is 0 Å². The Hall–Kier alpha value is -3.52. The fourth-order valence-electron chi connectivity index (χ4n) is 4.52. The maximum atomic E-state index is 13.5. The van der Waals surface area contributed by atoms with Gasteiger partial charge in [-0.3, -0.25) is 9.59 Å². The van der Waals surface area contributed by atoms with E-state index in [9.17, 15) is 9.59 Å². The Balaban J connectivity index is 1.47. The van der Waals surface area contributed by atoms with Gasteiger partial charge in [0.25, 0.3) is 11.5 Å². The lowest BCUT2D eigenvalue weighted by Gasteiger charge is -2.16. The van der Waals surface area contributed by atoms with Gasteiger partial charge in [-0.2, -0.15) is 9.50 Å². The first-order chi connectivity index (χ1) is 17.6. The van der Waals surface area contributed by atoms with Gasteiger partial charge in [0, 0.05) is 17.7 Å². The van der Waals surface area contributed by atoms with Gasteiger partial charge < -0.3 is 9.64 Å². The normalized spacial score (nSPS) is 14.6. The molecule has 2 aromatic carbocycles. The van der Waals surface area contributed by atoms with Crippen molar-refractivity contribution >= 4 is 33.5 Å². The number of anilines is 1. The number of hydrogen-bond donors (Lipinski definition) is 0. The number of unbranched alkanes of at least 4 members (excludes halogenated alkanes) is 4. The number of nitrogens with zero attached hydrogens (tertiary/aromatic N) is 4. The molecule has 0 radical (unpaired) electrons. The van der Waals surface area contributed by atoms with E-state index in [0.29, 0.717) is 34.0 Å². The topological polar surface area (TPSA) is 76.8 Å². The van der Waals surface area contributed by atoms with Crippen LogP contribution in [0.15, 0.2) is 53.3 Å². The third-order valence-corrected chi connectivity index (χ3v) is 7.41. The molecule has 0 aliphatic carbocycles. The Morgan fingerprint density at radius 2 is 1.69 bits per heavy atom. The summed E-state index contributed by atoms with van der Waals surface area (Å²) >= 11 is 1.22. The molecule has 1 amide bonds. The summed E-state index contributed by atoms with van der Waals surface area (Å²) in [6.45, 7) is 5.57. The molecule has 8 heteroatoms. The number of rotatable bonds is 10. The third kappa shape index (κ3) is 4.53. The second-order valence-electron chi connectivity index (χ2n) is 9.00. The molecule has 3 heterocycles. The number of para-hydroxylation sites is 1. The molecule has 7 nitrogen and oxygen atoms in total. The van der Waals surface area contributed by atoms with E-state index >= 15 is 0 Å². The minimum absolute atomic E-state index is 0.115. The highest BCUT2D eigenvalue weighted by molar-refractivity contribution is 7.15. The molecule has 186 valence electrons. The molecular weight excluding hydrogens is 472 g/mol. The van der Waals surface area contributed by atoms with E-state index in [1.807, 2.05) is 53.4 Å². The van der Waals surface area contributed by atoms with Crippen LogP contribution < -0.4 is 19.7 Å². The summed E-state index contributed by atoms with van der Waals surface area (Å²) in [6, 6.07) is 15.3. The molecule has 0 unspecified atom stereocenters. The maximum absolute atomic E-state index is 13.5. The predicted octanol–water partition coefficient (Wildman–Crippen LogP) is 4.84. The summed E-state index contributed by atoms with van der Waals surface area (Å²) in [5.74, 6) is 1.15. The minimum atomic E-state index is -0.306. The van der Waals surface area contributed by atoms with Crippen LogP contribution in [0.1, 0.15) is 57.9 Å². The van der Waals surface area contributed by atoms with Gasteiger partial charge in [0.15, 0.2) is 5.82 Å². The third-order valence-electron chi connectivity index (χ3n) is 6.38. The number of carbonyl (C=O) groups excluding carboxylic acids is 1. The summed E-state index contributed by atoms with van der Waals surface area (Å²) in [5, 5.41) is 4.47. The van der Waals surface area contributed by atoms with Crippen LogP contribution in [-0.2, 0) is 4.79 Å². The molecule has 1 aliphatic rings. The van der Waals surface area contributed by atoms with Gasteiger partial charge in [-0.05, 0) is 43.2 Å². The summed E-state index contributed by atoms with van der Waals surface area (Å²) in [6.07, 6.45) is 6.54. The van der Waals surface area contributed by atoms with E-state index in [1.54, 1.807) is 0 Å². The van der Waals surface area contributed by atoms with Crippen LogP contribution in [0.2, 0.25) is 0 Å². The highest BCUT2D eigenvalue weighted by Gasteiger charge is 2.33. The standard InChI is InChI=1S/C28H30N4O3S/c1-3-5-6-7-10-17-31-22-12-9-8-11-21(22)23(26(31)33)24-27(34)32-28(36-24)29-25(30-32)19-13-15-20(16-14-19)35-18-4-2/h8-9,11-16H,3-7,10,17-18H2,1-2H3. The number of ether oxygens (including phenoxy) is 1. The van der Waals surface area contributed by atoms with Crippen molar-refractivity contribution in [2.45, 2.75) is 52.4 Å². The zero-order valence-corrected chi connectivity index (χ0v) is 21.5. The highest BCUT2D eigenvalue weighted by atomic mass is 32.1. The second-order valence-corrected chi connectivity index (χ2v) is 9.98. The second kappa shape index (κ2) is 10.6. The van der Waals surface area contributed by atoms with Crippen molar-refractivity contribution in [2.24, 2.45) is 0 Å². The molecule has 0 fully saturated rings. The average Bonchev–Trinajstić information content (AvgIpc) is 3.53. The Kier molecular flexibility index (Phi) is 7.13. The fourth-order valence-corrected chi connectivity index (χ4v) is 5.52. The molecule has 1 aliphatic heterocycles. The van der Waals surface area contributed by atoms with E-state index < -0.39 is 0 Å². The molecule has 0 bridgehead atoms. The number of hydrogen-bond acceptors (Lipinski definition) is 6. The van der Waals surface area contributed by atoms with Crippen molar-refractivity contribution in [2.75, 3.05) is 18.1 Å². The van der Waals surface area contributed by atoms with Crippen LogP contribution >= 0.6 is 11.3 Å². The van der Waals surface area contributed by atoms with Crippen molar-refractivity contribution in [3.05, 3.63) is 69.0 Å². The van der Waals surface area contributed by atoms with Crippen molar-refractivity contribution in [3.8, 4) is 17.1 Å². The predicted molar refractivity (Wildman–Crippen MR) is 144 cm³/mol. The number of benzene rings is 2. The van der Waals surface area contributed by atoms with Gasteiger partial charge in [-0.1, -0.05) is 69.1 Å². The molecule has 0 saturated heterocycles. The molecule has 0 saturated carbocycles. The zero-order chi connectivity index (χ0) is 25.1. The molecule has 0 spiro atoms. The summed E-state index contributed by atoms with van der Waals surface area (Å²) in [4.78, 5) is 33.8. The van der Waals surface area contributed by atoms with Gasteiger partial charge in [-0.25, -0.2) is 0 Å². The molecule has 5 rings (SSSR count). The number of amides is 1. The van der Waals surface area contributed by atoms with E-state index in [0.717, 1.165) is 41.8 Å². The monoisotopic (exact) mass is 502 g/mol. The largest absolute Gasteiger partial charge is 0.494 e. The lowest BCUT2D eigenvalue weighted by Crippen LogP contribution is -2.33. The SMILES string of the molecule is CCCCCCCN1C(=O)C(=c2sc3nc(-c4ccc(OCCC)cc4)nn3c2=O)c2ccccc21. The Labute approximate surface area is 214 Å². The van der Waals surface area contributed by atoms with E-state index in [1.165, 1.54) is 35.1 Å². The Morgan fingerprint density at radius 1 is 0.917 bits per heavy atom. The smallest absolute Gasteiger partial charge is 0.291 e. The van der Waals surface area contributed by atoms with Crippen LogP contribution in [0.5, 0.6) is 5.75 Å². The average molecular weight is 503 g/mol. The van der Waals surface area contributed by atoms with E-state index in [-0.39, 0.29) is 11.5 Å². The van der Waals surface area contributed by atoms with Gasteiger partial charge in [0.1, 0.15) is 10.3 Å². The minimum Gasteiger partial charge on any atom is -0.494 e. The van der Waals surface area contributed by atoms with Gasteiger partial charge in [0.05, 0.1) is 17.9 Å². The highest BCUT2D eigenvalue weighted by Crippen LogP contribution is 2.35. The van der Waals surface area contributed by atoms with E-state index in [4.69, 9.17) is 4.74 Å². The van der Waals surface area contributed by atoms with Crippen molar-refractivity contribution in [1.82, 2.24) is 14.6 Å². The quantitative estimate of drug-likeness (QED) is 0.290. The molecular formula is C28H30N4O3S. The van der Waals surface area contributed by atoms with Gasteiger partial charge >= 0.3 is 0 Å². The number of thiazole rings is 1. The van der Waals surface area contributed by atoms with Crippen LogP contribution in [0.3, 0.4) is 0 Å². The first kappa shape index (κ1) is 24.2. The Bertz CT molecular complexity index is 1490.